The van der Waals surface area contributed by atoms with Crippen molar-refractivity contribution in [3.63, 3.8) is 0 Å². The molecule has 2 fully saturated rings. The summed E-state index contributed by atoms with van der Waals surface area (Å²) in [7, 11) is 0. The van der Waals surface area contributed by atoms with Gasteiger partial charge in [0.15, 0.2) is 22.3 Å². The molecule has 19 heteroatoms. The molecule has 0 aliphatic heterocycles. The van der Waals surface area contributed by atoms with E-state index in [1.54, 1.807) is 0 Å². The van der Waals surface area contributed by atoms with Crippen LogP contribution in [-0.2, 0) is 48.1 Å². The molecule has 8 rings (SSSR count). The van der Waals surface area contributed by atoms with Gasteiger partial charge in [0, 0.05) is 23.1 Å². The van der Waals surface area contributed by atoms with Crippen LogP contribution in [-0.4, -0.2) is 79.7 Å². The molecule has 2 N–H and O–H groups in total. The molecule has 0 amide bonds. The molecule has 2 saturated carbocycles. The van der Waals surface area contributed by atoms with Crippen molar-refractivity contribution in [3.8, 4) is 33.8 Å². The Morgan fingerprint density at radius 1 is 0.624 bits per heavy atom. The molecule has 2 aromatic heterocycles. The largest absolute Gasteiger partial charge is 0.494 e. The quantitative estimate of drug-likeness (QED) is 0.00933. The van der Waals surface area contributed by atoms with Gasteiger partial charge in [-0.2, -0.15) is 9.78 Å². The van der Waals surface area contributed by atoms with Crippen LogP contribution in [0.25, 0.3) is 32.0 Å². The minimum Gasteiger partial charge on any atom is -0.494 e. The molecule has 6 aromatic rings. The lowest BCUT2D eigenvalue weighted by atomic mass is 9.78. The summed E-state index contributed by atoms with van der Waals surface area (Å²) in [6.07, 6.45) is 14.8. The fourth-order valence-corrected chi connectivity index (χ4v) is 12.2. The minimum atomic E-state index is -0.622. The van der Waals surface area contributed by atoms with Gasteiger partial charge < -0.3 is 37.9 Å². The van der Waals surface area contributed by atoms with Gasteiger partial charge in [-0.1, -0.05) is 37.4 Å². The molecule has 458 valence electrons. The molecule has 0 spiro atoms. The molecule has 2 unspecified atom stereocenters. The van der Waals surface area contributed by atoms with Crippen molar-refractivity contribution in [1.82, 2.24) is 4.98 Å². The summed E-state index contributed by atoms with van der Waals surface area (Å²) in [5, 5.41) is 22.4. The van der Waals surface area contributed by atoms with Crippen molar-refractivity contribution in [1.29, 1.82) is 0 Å². The predicted molar refractivity (Wildman–Crippen MR) is 320 cm³/mol. The van der Waals surface area contributed by atoms with E-state index in [0.29, 0.717) is 67.4 Å². The second-order valence-electron chi connectivity index (χ2n) is 22.1. The zero-order valence-corrected chi connectivity index (χ0v) is 49.7. The van der Waals surface area contributed by atoms with Gasteiger partial charge in [-0.05, 0) is 212 Å². The Morgan fingerprint density at radius 2 is 1.16 bits per heavy atom. The number of carbonyl (C=O) groups is 3. The van der Waals surface area contributed by atoms with Gasteiger partial charge in [0.25, 0.3) is 0 Å². The lowest BCUT2D eigenvalue weighted by Crippen LogP contribution is -2.25. The summed E-state index contributed by atoms with van der Waals surface area (Å²) in [5.74, 6) is 2.40. The summed E-state index contributed by atoms with van der Waals surface area (Å²) in [6, 6.07) is 25.0. The molecule has 2 aliphatic carbocycles. The number of esters is 3. The summed E-state index contributed by atoms with van der Waals surface area (Å²) in [4.78, 5) is 73.2. The molecule has 0 bridgehead atoms. The Labute approximate surface area is 501 Å². The maximum absolute atomic E-state index is 11.8. The van der Waals surface area contributed by atoms with Gasteiger partial charge in [0.1, 0.15) is 41.4 Å². The monoisotopic (exact) mass is 1190 g/mol. The average Bonchev–Trinajstić information content (AvgIpc) is 2.63. The number of aryl methyl sites for hydroxylation is 2. The maximum Gasteiger partial charge on any atom is 0.330 e. The van der Waals surface area contributed by atoms with E-state index in [0.717, 1.165) is 158 Å². The first-order valence-electron chi connectivity index (χ1n) is 29.9. The van der Waals surface area contributed by atoms with Crippen LogP contribution in [0.2, 0.25) is 0 Å². The van der Waals surface area contributed by atoms with Crippen molar-refractivity contribution >= 4 is 50.4 Å². The molecule has 85 heavy (non-hydrogen) atoms. The first-order valence-corrected chi connectivity index (χ1v) is 30.7. The second kappa shape index (κ2) is 33.7. The molecular formula is C66H81NO17S. The zero-order chi connectivity index (χ0) is 59.8. The van der Waals surface area contributed by atoms with Crippen LogP contribution in [0.1, 0.15) is 144 Å². The zero-order valence-electron chi connectivity index (χ0n) is 48.9. The van der Waals surface area contributed by atoms with E-state index < -0.39 is 30.1 Å². The number of fused-ring (bicyclic) bond motifs is 2. The third-order valence-corrected chi connectivity index (χ3v) is 17.0. The SMILES string of the molecule is C=CC(=O)OCCCCCCOc1ccc(OOCC2CCC(C(OO)c3ccc(OOCC4CCC(C(OO)c5ccc(OCCCCCCOC(=O)CCOC(=O)C=C)cc5)CC4)c4nc(-c5cc6c(C)cc(C)cc6o5)sc34)CC2)cc1. The first kappa shape index (κ1) is 64.2. The number of ether oxygens (including phenoxy) is 5. The molecule has 2 atom stereocenters. The van der Waals surface area contributed by atoms with E-state index in [1.807, 2.05) is 79.7 Å². The van der Waals surface area contributed by atoms with E-state index in [-0.39, 0.29) is 36.7 Å². The number of nitrogens with zero attached hydrogens (tertiary/aromatic N) is 1. The predicted octanol–water partition coefficient (Wildman–Crippen LogP) is 15.3. The van der Waals surface area contributed by atoms with E-state index in [2.05, 4.69) is 26.1 Å². The van der Waals surface area contributed by atoms with E-state index in [1.165, 1.54) is 17.4 Å². The van der Waals surface area contributed by atoms with E-state index >= 15 is 0 Å². The highest BCUT2D eigenvalue weighted by molar-refractivity contribution is 7.21. The number of benzene rings is 4. The minimum absolute atomic E-state index is 0.0151. The van der Waals surface area contributed by atoms with Crippen molar-refractivity contribution < 1.29 is 82.3 Å². The van der Waals surface area contributed by atoms with Crippen LogP contribution < -0.4 is 19.2 Å². The number of unbranched alkanes of at least 4 members (excludes halogenated alkanes) is 6. The number of furan rings is 1. The van der Waals surface area contributed by atoms with Crippen molar-refractivity contribution in [2.24, 2.45) is 23.7 Å². The van der Waals surface area contributed by atoms with Gasteiger partial charge in [-0.25, -0.2) is 24.3 Å². The highest BCUT2D eigenvalue weighted by Gasteiger charge is 2.34. The van der Waals surface area contributed by atoms with Crippen LogP contribution >= 0.6 is 11.3 Å². The Balaban J connectivity index is 0.788. The normalized spacial score (nSPS) is 17.6. The number of hydrogen-bond donors (Lipinski definition) is 2. The third kappa shape index (κ3) is 19.3. The van der Waals surface area contributed by atoms with E-state index in [9.17, 15) is 24.9 Å². The highest BCUT2D eigenvalue weighted by Crippen LogP contribution is 2.46. The molecule has 2 aliphatic rings. The highest BCUT2D eigenvalue weighted by atomic mass is 32.1. The molecule has 18 nitrogen and oxygen atoms in total. The summed E-state index contributed by atoms with van der Waals surface area (Å²) in [6.45, 7) is 13.5. The van der Waals surface area contributed by atoms with Crippen molar-refractivity contribution in [2.75, 3.05) is 46.2 Å². The van der Waals surface area contributed by atoms with Crippen LogP contribution in [0, 0.1) is 37.5 Å². The van der Waals surface area contributed by atoms with E-state index in [4.69, 9.17) is 62.4 Å². The average molecular weight is 1190 g/mol. The van der Waals surface area contributed by atoms with Crippen molar-refractivity contribution in [3.05, 3.63) is 126 Å². The Hall–Kier alpha value is -6.84. The molecular weight excluding hydrogens is 1110 g/mol. The Morgan fingerprint density at radius 3 is 1.76 bits per heavy atom. The summed E-state index contributed by atoms with van der Waals surface area (Å²) < 4.78 is 34.1. The topological polar surface area (TPSA) is 219 Å². The van der Waals surface area contributed by atoms with Gasteiger partial charge >= 0.3 is 17.9 Å². The number of aromatic nitrogens is 1. The molecule has 4 aromatic carbocycles. The van der Waals surface area contributed by atoms with Gasteiger partial charge in [-0.3, -0.25) is 15.3 Å². The Bertz CT molecular complexity index is 3050. The lowest BCUT2D eigenvalue weighted by molar-refractivity contribution is -0.296. The lowest BCUT2D eigenvalue weighted by Gasteiger charge is -2.32. The maximum atomic E-state index is 11.8. The standard InChI is InChI=1S/C66H81NO17S/c1-5-59(68)75-36-13-9-7-12-35-74-52-27-29-53(30-28-52)83-78-42-46-17-21-50(22-18-46)64(82-72)54-31-32-56(62-65(54)85-66(67-62)58-41-55-45(4)39-44(3)40-57(55)80-58)84-79-43-47-15-19-48(20-16-47)63(81-71)49-23-25-51(26-24-49)73-34-11-8-10-14-37-76-61(70)33-38-77-60(69)6-2/h5-6,23-32,39-41,46-48,50,63-64,71-72H,1-2,7-22,33-38,42-43H2,3-4H3. The van der Waals surface area contributed by atoms with Crippen LogP contribution in [0.4, 0.5) is 0 Å². The molecule has 0 saturated heterocycles. The number of rotatable bonds is 36. The summed E-state index contributed by atoms with van der Waals surface area (Å²) in [5.41, 5.74) is 5.28. The third-order valence-electron chi connectivity index (χ3n) is 15.9. The van der Waals surface area contributed by atoms with Crippen LogP contribution in [0.5, 0.6) is 23.0 Å². The van der Waals surface area contributed by atoms with Gasteiger partial charge in [0.05, 0.1) is 50.8 Å². The van der Waals surface area contributed by atoms with Crippen LogP contribution in [0.3, 0.4) is 0 Å². The fraction of sp³-hybridized carbons (Fsp3) is 0.485. The fourth-order valence-electron chi connectivity index (χ4n) is 11.1. The number of carbonyl (C=O) groups excluding carboxylic acids is 3. The molecule has 2 heterocycles. The second-order valence-corrected chi connectivity index (χ2v) is 23.1. The first-order chi connectivity index (χ1) is 41.5. The molecule has 0 radical (unpaired) electrons. The van der Waals surface area contributed by atoms with Gasteiger partial charge in [-0.15, -0.1) is 11.3 Å². The number of hydrogen-bond acceptors (Lipinski definition) is 19. The Kier molecular flexibility index (Phi) is 25.5. The van der Waals surface area contributed by atoms with Crippen molar-refractivity contribution in [2.45, 2.75) is 135 Å². The number of thiazole rings is 1. The smallest absolute Gasteiger partial charge is 0.330 e. The van der Waals surface area contributed by atoms with Gasteiger partial charge in [0.2, 0.25) is 0 Å². The van der Waals surface area contributed by atoms with Crippen LogP contribution in [0.15, 0.2) is 109 Å². The summed E-state index contributed by atoms with van der Waals surface area (Å²) >= 11 is 1.47.